The van der Waals surface area contributed by atoms with Gasteiger partial charge in [-0.2, -0.15) is 4.98 Å². The Morgan fingerprint density at radius 3 is 2.56 bits per heavy atom. The fourth-order valence-electron chi connectivity index (χ4n) is 2.45. The molecule has 2 saturated carbocycles. The van der Waals surface area contributed by atoms with Crippen molar-refractivity contribution >= 4 is 5.82 Å². The van der Waals surface area contributed by atoms with Crippen LogP contribution in [-0.2, 0) is 0 Å². The lowest BCUT2D eigenvalue weighted by molar-refractivity contribution is 0.148. The SMILES string of the molecule is NNc1cc(OC2CCCCC2)nc(C2CC2)n1. The summed E-state index contributed by atoms with van der Waals surface area (Å²) >= 11 is 0. The molecule has 2 aliphatic rings. The largest absolute Gasteiger partial charge is 0.474 e. The summed E-state index contributed by atoms with van der Waals surface area (Å²) in [6.07, 6.45) is 8.77. The number of anilines is 1. The summed E-state index contributed by atoms with van der Waals surface area (Å²) in [5.41, 5.74) is 2.60. The standard InChI is InChI=1S/C13H20N4O/c14-17-11-8-12(16-13(15-11)9-6-7-9)18-10-4-2-1-3-5-10/h8-10H,1-7,14H2,(H,15,16,17). The van der Waals surface area contributed by atoms with Crippen LogP contribution in [0.15, 0.2) is 6.07 Å². The van der Waals surface area contributed by atoms with Crippen LogP contribution in [0.1, 0.15) is 56.7 Å². The van der Waals surface area contributed by atoms with Gasteiger partial charge in [0, 0.05) is 12.0 Å². The lowest BCUT2D eigenvalue weighted by atomic mass is 9.98. The van der Waals surface area contributed by atoms with Crippen molar-refractivity contribution in [3.05, 3.63) is 11.9 Å². The van der Waals surface area contributed by atoms with Gasteiger partial charge in [0.05, 0.1) is 0 Å². The number of ether oxygens (including phenoxy) is 1. The maximum absolute atomic E-state index is 5.97. The van der Waals surface area contributed by atoms with E-state index >= 15 is 0 Å². The van der Waals surface area contributed by atoms with Crippen molar-refractivity contribution in [3.63, 3.8) is 0 Å². The summed E-state index contributed by atoms with van der Waals surface area (Å²) in [6, 6.07) is 1.79. The van der Waals surface area contributed by atoms with Gasteiger partial charge in [0.1, 0.15) is 17.7 Å². The molecule has 3 rings (SSSR count). The second-order valence-corrected chi connectivity index (χ2v) is 5.25. The highest BCUT2D eigenvalue weighted by Crippen LogP contribution is 2.39. The fraction of sp³-hybridized carbons (Fsp3) is 0.692. The minimum Gasteiger partial charge on any atom is -0.474 e. The Morgan fingerprint density at radius 1 is 1.11 bits per heavy atom. The molecule has 0 spiro atoms. The molecular weight excluding hydrogens is 228 g/mol. The summed E-state index contributed by atoms with van der Waals surface area (Å²) in [4.78, 5) is 8.89. The van der Waals surface area contributed by atoms with Crippen molar-refractivity contribution in [1.29, 1.82) is 0 Å². The van der Waals surface area contributed by atoms with Crippen LogP contribution < -0.4 is 16.0 Å². The van der Waals surface area contributed by atoms with Gasteiger partial charge >= 0.3 is 0 Å². The van der Waals surface area contributed by atoms with E-state index in [1.165, 1.54) is 32.1 Å². The number of nitrogens with one attached hydrogen (secondary N) is 1. The van der Waals surface area contributed by atoms with Gasteiger partial charge in [0.15, 0.2) is 0 Å². The molecule has 0 aliphatic heterocycles. The van der Waals surface area contributed by atoms with Gasteiger partial charge in [-0.15, -0.1) is 0 Å². The zero-order valence-electron chi connectivity index (χ0n) is 10.6. The van der Waals surface area contributed by atoms with E-state index in [1.54, 1.807) is 6.07 Å². The lowest BCUT2D eigenvalue weighted by Gasteiger charge is -2.22. The molecule has 0 amide bonds. The predicted octanol–water partition coefficient (Wildman–Crippen LogP) is 2.35. The first-order valence-corrected chi connectivity index (χ1v) is 6.87. The van der Waals surface area contributed by atoms with Crippen LogP contribution in [0.25, 0.3) is 0 Å². The van der Waals surface area contributed by atoms with Crippen LogP contribution >= 0.6 is 0 Å². The van der Waals surface area contributed by atoms with Crippen molar-refractivity contribution in [2.45, 2.75) is 57.0 Å². The number of nitrogen functional groups attached to an aromatic ring is 1. The Kier molecular flexibility index (Phi) is 3.32. The third kappa shape index (κ3) is 2.72. The van der Waals surface area contributed by atoms with E-state index in [4.69, 9.17) is 10.6 Å². The van der Waals surface area contributed by atoms with Crippen LogP contribution in [-0.4, -0.2) is 16.1 Å². The van der Waals surface area contributed by atoms with Gasteiger partial charge in [-0.05, 0) is 38.5 Å². The summed E-state index contributed by atoms with van der Waals surface area (Å²) in [5.74, 6) is 8.15. The monoisotopic (exact) mass is 248 g/mol. The lowest BCUT2D eigenvalue weighted by Crippen LogP contribution is -2.21. The maximum Gasteiger partial charge on any atom is 0.219 e. The average Bonchev–Trinajstić information content (AvgIpc) is 3.24. The predicted molar refractivity (Wildman–Crippen MR) is 69.3 cm³/mol. The molecule has 1 aromatic rings. The minimum absolute atomic E-state index is 0.311. The summed E-state index contributed by atoms with van der Waals surface area (Å²) in [7, 11) is 0. The van der Waals surface area contributed by atoms with Gasteiger partial charge in [-0.25, -0.2) is 10.8 Å². The van der Waals surface area contributed by atoms with Crippen LogP contribution in [0.4, 0.5) is 5.82 Å². The normalized spacial score (nSPS) is 20.7. The number of hydrazine groups is 1. The maximum atomic E-state index is 5.97. The van der Waals surface area contributed by atoms with E-state index in [0.29, 0.717) is 23.7 Å². The molecular formula is C13H20N4O. The Morgan fingerprint density at radius 2 is 1.89 bits per heavy atom. The molecule has 5 heteroatoms. The van der Waals surface area contributed by atoms with Crippen molar-refractivity contribution in [1.82, 2.24) is 9.97 Å². The van der Waals surface area contributed by atoms with Crippen molar-refractivity contribution < 1.29 is 4.74 Å². The van der Waals surface area contributed by atoms with Gasteiger partial charge < -0.3 is 10.2 Å². The first-order valence-electron chi connectivity index (χ1n) is 6.87. The van der Waals surface area contributed by atoms with Crippen molar-refractivity contribution in [2.75, 3.05) is 5.43 Å². The molecule has 2 aliphatic carbocycles. The first-order chi connectivity index (χ1) is 8.85. The molecule has 0 bridgehead atoms. The molecule has 0 unspecified atom stereocenters. The highest BCUT2D eigenvalue weighted by atomic mass is 16.5. The highest BCUT2D eigenvalue weighted by Gasteiger charge is 2.28. The average molecular weight is 248 g/mol. The number of nitrogens with zero attached hydrogens (tertiary/aromatic N) is 2. The Bertz CT molecular complexity index is 413. The van der Waals surface area contributed by atoms with Crippen LogP contribution in [0.5, 0.6) is 5.88 Å². The van der Waals surface area contributed by atoms with Gasteiger partial charge in [0.2, 0.25) is 5.88 Å². The summed E-state index contributed by atoms with van der Waals surface area (Å²) < 4.78 is 5.97. The second kappa shape index (κ2) is 5.10. The Hall–Kier alpha value is -1.36. The van der Waals surface area contributed by atoms with Crippen molar-refractivity contribution in [2.24, 2.45) is 5.84 Å². The molecule has 5 nitrogen and oxygen atoms in total. The molecule has 1 heterocycles. The second-order valence-electron chi connectivity index (χ2n) is 5.25. The number of nitrogens with two attached hydrogens (primary N) is 1. The Balaban J connectivity index is 1.74. The molecule has 98 valence electrons. The zero-order valence-corrected chi connectivity index (χ0v) is 10.6. The number of rotatable bonds is 4. The molecule has 1 aromatic heterocycles. The molecule has 0 atom stereocenters. The van der Waals surface area contributed by atoms with E-state index in [9.17, 15) is 0 Å². The molecule has 0 radical (unpaired) electrons. The van der Waals surface area contributed by atoms with Gasteiger partial charge in [0.25, 0.3) is 0 Å². The summed E-state index contributed by atoms with van der Waals surface area (Å²) in [5, 5.41) is 0. The molecule has 0 aromatic carbocycles. The van der Waals surface area contributed by atoms with E-state index < -0.39 is 0 Å². The molecule has 0 saturated heterocycles. The van der Waals surface area contributed by atoms with E-state index in [2.05, 4.69) is 15.4 Å². The van der Waals surface area contributed by atoms with Crippen LogP contribution in [0.2, 0.25) is 0 Å². The number of hydrogen-bond acceptors (Lipinski definition) is 5. The van der Waals surface area contributed by atoms with Gasteiger partial charge in [-0.1, -0.05) is 6.42 Å². The molecule has 3 N–H and O–H groups in total. The number of aromatic nitrogens is 2. The zero-order chi connectivity index (χ0) is 12.4. The van der Waals surface area contributed by atoms with Crippen LogP contribution in [0, 0.1) is 0 Å². The van der Waals surface area contributed by atoms with E-state index in [1.807, 2.05) is 0 Å². The smallest absolute Gasteiger partial charge is 0.219 e. The first kappa shape index (κ1) is 11.7. The van der Waals surface area contributed by atoms with Crippen molar-refractivity contribution in [3.8, 4) is 5.88 Å². The topological polar surface area (TPSA) is 73.1 Å². The summed E-state index contributed by atoms with van der Waals surface area (Å²) in [6.45, 7) is 0. The highest BCUT2D eigenvalue weighted by molar-refractivity contribution is 5.38. The van der Waals surface area contributed by atoms with Gasteiger partial charge in [-0.3, -0.25) is 0 Å². The molecule has 18 heavy (non-hydrogen) atoms. The van der Waals surface area contributed by atoms with Crippen LogP contribution in [0.3, 0.4) is 0 Å². The molecule has 2 fully saturated rings. The number of hydrogen-bond donors (Lipinski definition) is 2. The fourth-order valence-corrected chi connectivity index (χ4v) is 2.45. The van der Waals surface area contributed by atoms with E-state index in [0.717, 1.165) is 18.7 Å². The minimum atomic E-state index is 0.311. The third-order valence-electron chi connectivity index (χ3n) is 3.65. The Labute approximate surface area is 107 Å². The van der Waals surface area contributed by atoms with E-state index in [-0.39, 0.29) is 0 Å². The third-order valence-corrected chi connectivity index (χ3v) is 3.65. The quantitative estimate of drug-likeness (QED) is 0.632.